The summed E-state index contributed by atoms with van der Waals surface area (Å²) in [5, 5.41) is 5.19. The van der Waals surface area contributed by atoms with E-state index in [1.807, 2.05) is 30.3 Å². The van der Waals surface area contributed by atoms with Crippen LogP contribution in [0.3, 0.4) is 0 Å². The largest absolute Gasteiger partial charge is 0.374 e. The number of nitrogens with one attached hydrogen (secondary N) is 1. The summed E-state index contributed by atoms with van der Waals surface area (Å²) in [5.41, 5.74) is 0.499. The first-order chi connectivity index (χ1) is 10.3. The lowest BCUT2D eigenvalue weighted by Crippen LogP contribution is -2.45. The van der Waals surface area contributed by atoms with Gasteiger partial charge >= 0.3 is 0 Å². The van der Waals surface area contributed by atoms with Crippen LogP contribution in [0.1, 0.15) is 10.5 Å². The molecule has 1 aromatic carbocycles. The van der Waals surface area contributed by atoms with Gasteiger partial charge in [0, 0.05) is 38.3 Å². The third kappa shape index (κ3) is 3.04. The maximum atomic E-state index is 12.6. The second kappa shape index (κ2) is 6.20. The van der Waals surface area contributed by atoms with E-state index in [0.29, 0.717) is 18.8 Å². The van der Waals surface area contributed by atoms with E-state index in [9.17, 15) is 4.79 Å². The number of nitrogens with zero attached hydrogens (tertiary/aromatic N) is 2. The van der Waals surface area contributed by atoms with E-state index in [0.717, 1.165) is 23.9 Å². The lowest BCUT2D eigenvalue weighted by atomic mass is 10.1. The summed E-state index contributed by atoms with van der Waals surface area (Å²) in [6.07, 6.45) is 1.73. The van der Waals surface area contributed by atoms with Crippen LogP contribution in [0.2, 0.25) is 0 Å². The number of hydrogen-bond donors (Lipinski definition) is 1. The van der Waals surface area contributed by atoms with Crippen molar-refractivity contribution in [3.05, 3.63) is 42.2 Å². The number of benzene rings is 1. The van der Waals surface area contributed by atoms with Crippen LogP contribution in [0.4, 0.5) is 0 Å². The van der Waals surface area contributed by atoms with Crippen LogP contribution in [0.15, 0.2) is 36.5 Å². The first-order valence-corrected chi connectivity index (χ1v) is 7.17. The first-order valence-electron chi connectivity index (χ1n) is 7.17. The first kappa shape index (κ1) is 14.0. The third-order valence-corrected chi connectivity index (χ3v) is 3.70. The van der Waals surface area contributed by atoms with E-state index in [4.69, 9.17) is 4.74 Å². The Kier molecular flexibility index (Phi) is 4.13. The molecule has 1 fully saturated rings. The minimum atomic E-state index is -0.0685. The molecule has 1 saturated heterocycles. The van der Waals surface area contributed by atoms with Crippen molar-refractivity contribution >= 4 is 16.7 Å². The van der Waals surface area contributed by atoms with Crippen molar-refractivity contribution in [3.63, 3.8) is 0 Å². The Hall–Kier alpha value is -1.98. The lowest BCUT2D eigenvalue weighted by molar-refractivity contribution is 0.0103. The average molecular weight is 285 g/mol. The summed E-state index contributed by atoms with van der Waals surface area (Å²) in [7, 11) is 1.80. The molecule has 0 aliphatic carbocycles. The number of carbonyl (C=O) groups excluding carboxylic acids is 1. The molecule has 5 heteroatoms. The normalized spacial score (nSPS) is 18.6. The fraction of sp³-hybridized carbons (Fsp3) is 0.375. The van der Waals surface area contributed by atoms with E-state index >= 15 is 0 Å². The molecule has 0 spiro atoms. The third-order valence-electron chi connectivity index (χ3n) is 3.70. The number of likely N-dealkylation sites (N-methyl/N-ethyl adjacent to an activating group) is 1. The Bertz CT molecular complexity index is 633. The van der Waals surface area contributed by atoms with Gasteiger partial charge in [0.05, 0.1) is 12.7 Å². The van der Waals surface area contributed by atoms with Crippen molar-refractivity contribution in [1.29, 1.82) is 0 Å². The Morgan fingerprint density at radius 2 is 2.29 bits per heavy atom. The van der Waals surface area contributed by atoms with Gasteiger partial charge in [-0.1, -0.05) is 24.3 Å². The van der Waals surface area contributed by atoms with Crippen LogP contribution in [0.5, 0.6) is 0 Å². The SMILES string of the molecule is CN(CC1CNCCO1)C(=O)c1nccc2ccccc12. The van der Waals surface area contributed by atoms with Gasteiger partial charge in [0.25, 0.3) is 5.91 Å². The van der Waals surface area contributed by atoms with Gasteiger partial charge in [0.2, 0.25) is 0 Å². The molecule has 1 aromatic heterocycles. The van der Waals surface area contributed by atoms with Gasteiger partial charge in [0.1, 0.15) is 5.69 Å². The molecule has 0 bridgehead atoms. The number of fused-ring (bicyclic) bond motifs is 1. The van der Waals surface area contributed by atoms with Gasteiger partial charge in [-0.2, -0.15) is 0 Å². The zero-order valence-corrected chi connectivity index (χ0v) is 12.1. The lowest BCUT2D eigenvalue weighted by Gasteiger charge is -2.28. The monoisotopic (exact) mass is 285 g/mol. The van der Waals surface area contributed by atoms with Crippen molar-refractivity contribution in [2.24, 2.45) is 0 Å². The van der Waals surface area contributed by atoms with E-state index in [1.165, 1.54) is 0 Å². The van der Waals surface area contributed by atoms with Crippen molar-refractivity contribution in [3.8, 4) is 0 Å². The maximum Gasteiger partial charge on any atom is 0.272 e. The predicted molar refractivity (Wildman–Crippen MR) is 81.3 cm³/mol. The Balaban J connectivity index is 1.79. The number of hydrogen-bond acceptors (Lipinski definition) is 4. The molecule has 1 atom stereocenters. The molecule has 5 nitrogen and oxygen atoms in total. The molecule has 21 heavy (non-hydrogen) atoms. The fourth-order valence-electron chi connectivity index (χ4n) is 2.60. The summed E-state index contributed by atoms with van der Waals surface area (Å²) in [4.78, 5) is 18.6. The van der Waals surface area contributed by atoms with Crippen LogP contribution >= 0.6 is 0 Å². The van der Waals surface area contributed by atoms with Crippen LogP contribution in [-0.4, -0.2) is 55.2 Å². The molecular weight excluding hydrogens is 266 g/mol. The van der Waals surface area contributed by atoms with Gasteiger partial charge in [-0.25, -0.2) is 0 Å². The minimum Gasteiger partial charge on any atom is -0.374 e. The summed E-state index contributed by atoms with van der Waals surface area (Å²) in [5.74, 6) is -0.0685. The fourth-order valence-corrected chi connectivity index (χ4v) is 2.60. The molecule has 0 radical (unpaired) electrons. The van der Waals surface area contributed by atoms with Crippen LogP contribution in [0, 0.1) is 0 Å². The quantitative estimate of drug-likeness (QED) is 0.923. The molecule has 1 aliphatic rings. The van der Waals surface area contributed by atoms with Gasteiger partial charge in [-0.05, 0) is 11.5 Å². The molecular formula is C16H19N3O2. The van der Waals surface area contributed by atoms with E-state index in [-0.39, 0.29) is 12.0 Å². The highest BCUT2D eigenvalue weighted by atomic mass is 16.5. The highest BCUT2D eigenvalue weighted by Gasteiger charge is 2.21. The molecule has 110 valence electrons. The number of amides is 1. The van der Waals surface area contributed by atoms with Gasteiger partial charge in [-0.3, -0.25) is 9.78 Å². The standard InChI is InChI=1S/C16H19N3O2/c1-19(11-13-10-17-8-9-21-13)16(20)15-14-5-3-2-4-12(14)6-7-18-15/h2-7,13,17H,8-11H2,1H3. The maximum absolute atomic E-state index is 12.6. The summed E-state index contributed by atoms with van der Waals surface area (Å²) < 4.78 is 5.65. The van der Waals surface area contributed by atoms with Crippen molar-refractivity contribution in [2.75, 3.05) is 33.3 Å². The van der Waals surface area contributed by atoms with E-state index < -0.39 is 0 Å². The van der Waals surface area contributed by atoms with E-state index in [1.54, 1.807) is 18.1 Å². The zero-order chi connectivity index (χ0) is 14.7. The van der Waals surface area contributed by atoms with Crippen molar-refractivity contribution in [1.82, 2.24) is 15.2 Å². The van der Waals surface area contributed by atoms with Crippen molar-refractivity contribution < 1.29 is 9.53 Å². The second-order valence-corrected chi connectivity index (χ2v) is 5.26. The topological polar surface area (TPSA) is 54.5 Å². The average Bonchev–Trinajstić information content (AvgIpc) is 2.54. The summed E-state index contributed by atoms with van der Waals surface area (Å²) >= 11 is 0. The van der Waals surface area contributed by atoms with E-state index in [2.05, 4.69) is 10.3 Å². The summed E-state index contributed by atoms with van der Waals surface area (Å²) in [6.45, 7) is 2.91. The van der Waals surface area contributed by atoms with Gasteiger partial charge < -0.3 is 15.0 Å². The summed E-state index contributed by atoms with van der Waals surface area (Å²) in [6, 6.07) is 9.72. The van der Waals surface area contributed by atoms with Crippen LogP contribution in [0.25, 0.3) is 10.8 Å². The predicted octanol–water partition coefficient (Wildman–Crippen LogP) is 1.30. The Morgan fingerprint density at radius 1 is 1.43 bits per heavy atom. The number of rotatable bonds is 3. The zero-order valence-electron chi connectivity index (χ0n) is 12.1. The molecule has 3 rings (SSSR count). The highest BCUT2D eigenvalue weighted by molar-refractivity contribution is 6.05. The van der Waals surface area contributed by atoms with Gasteiger partial charge in [-0.15, -0.1) is 0 Å². The van der Waals surface area contributed by atoms with Crippen molar-refractivity contribution in [2.45, 2.75) is 6.10 Å². The number of pyridine rings is 1. The number of aromatic nitrogens is 1. The number of ether oxygens (including phenoxy) is 1. The second-order valence-electron chi connectivity index (χ2n) is 5.26. The molecule has 1 unspecified atom stereocenters. The Labute approximate surface area is 123 Å². The molecule has 0 saturated carbocycles. The number of carbonyl (C=O) groups is 1. The minimum absolute atomic E-state index is 0.0441. The highest BCUT2D eigenvalue weighted by Crippen LogP contribution is 2.17. The molecule has 2 heterocycles. The molecule has 2 aromatic rings. The molecule has 1 N–H and O–H groups in total. The van der Waals surface area contributed by atoms with Gasteiger partial charge in [0.15, 0.2) is 0 Å². The van der Waals surface area contributed by atoms with Crippen LogP contribution < -0.4 is 5.32 Å². The molecule has 1 aliphatic heterocycles. The van der Waals surface area contributed by atoms with Crippen LogP contribution in [-0.2, 0) is 4.74 Å². The number of morpholine rings is 1. The Morgan fingerprint density at radius 3 is 3.10 bits per heavy atom. The smallest absolute Gasteiger partial charge is 0.272 e. The molecule has 1 amide bonds.